The van der Waals surface area contributed by atoms with Gasteiger partial charge in [0.25, 0.3) is 0 Å². The molecule has 0 aliphatic heterocycles. The molecule has 1 aromatic carbocycles. The molecule has 2 aromatic rings. The van der Waals surface area contributed by atoms with Crippen LogP contribution in [0.2, 0.25) is 0 Å². The van der Waals surface area contributed by atoms with E-state index in [2.05, 4.69) is 24.1 Å². The van der Waals surface area contributed by atoms with Crippen molar-refractivity contribution in [3.05, 3.63) is 40.7 Å². The van der Waals surface area contributed by atoms with Crippen molar-refractivity contribution in [3.63, 3.8) is 0 Å². The van der Waals surface area contributed by atoms with Gasteiger partial charge in [-0.05, 0) is 24.1 Å². The van der Waals surface area contributed by atoms with E-state index in [9.17, 15) is 4.39 Å². The molecule has 5 heteroatoms. The zero-order valence-corrected chi connectivity index (χ0v) is 10.9. The number of nitrogens with zero attached hydrogens (tertiary/aromatic N) is 2. The molecule has 0 bridgehead atoms. The minimum absolute atomic E-state index is 0.0440. The third kappa shape index (κ3) is 2.66. The van der Waals surface area contributed by atoms with Crippen LogP contribution in [0.4, 0.5) is 15.2 Å². The Balaban J connectivity index is 2.18. The van der Waals surface area contributed by atoms with Crippen molar-refractivity contribution >= 4 is 22.2 Å². The highest BCUT2D eigenvalue weighted by Crippen LogP contribution is 2.25. The van der Waals surface area contributed by atoms with Crippen molar-refractivity contribution in [2.24, 2.45) is 0 Å². The molecule has 1 heterocycles. The maximum Gasteiger partial charge on any atom is 0.187 e. The SMILES string of the molecule is CC(C)c1csc(Nc2ccc(C#N)c(F)c2)n1. The molecule has 1 aromatic heterocycles. The summed E-state index contributed by atoms with van der Waals surface area (Å²) in [6.07, 6.45) is 0. The van der Waals surface area contributed by atoms with Gasteiger partial charge in [-0.3, -0.25) is 0 Å². The first-order valence-corrected chi connectivity index (χ1v) is 6.40. The molecule has 3 nitrogen and oxygen atoms in total. The van der Waals surface area contributed by atoms with E-state index in [1.54, 1.807) is 12.1 Å². The molecule has 0 aliphatic rings. The highest BCUT2D eigenvalue weighted by atomic mass is 32.1. The van der Waals surface area contributed by atoms with E-state index >= 15 is 0 Å². The number of hydrogen-bond donors (Lipinski definition) is 1. The Morgan fingerprint density at radius 2 is 2.22 bits per heavy atom. The smallest absolute Gasteiger partial charge is 0.187 e. The molecule has 0 amide bonds. The number of anilines is 2. The predicted octanol–water partition coefficient (Wildman–Crippen LogP) is 4.02. The summed E-state index contributed by atoms with van der Waals surface area (Å²) in [5, 5.41) is 14.4. The van der Waals surface area contributed by atoms with Crippen molar-refractivity contribution in [1.29, 1.82) is 5.26 Å². The van der Waals surface area contributed by atoms with Crippen molar-refractivity contribution in [1.82, 2.24) is 4.98 Å². The number of thiazole rings is 1. The lowest BCUT2D eigenvalue weighted by Gasteiger charge is -2.03. The third-order valence-corrected chi connectivity index (χ3v) is 3.23. The normalized spacial score (nSPS) is 10.4. The molecule has 1 N–H and O–H groups in total. The Bertz CT molecular complexity index is 599. The van der Waals surface area contributed by atoms with E-state index in [1.807, 2.05) is 5.38 Å². The second-order valence-corrected chi connectivity index (χ2v) is 5.02. The van der Waals surface area contributed by atoms with E-state index < -0.39 is 5.82 Å². The van der Waals surface area contributed by atoms with Gasteiger partial charge < -0.3 is 5.32 Å². The molecule has 0 atom stereocenters. The fraction of sp³-hybridized carbons (Fsp3) is 0.231. The van der Waals surface area contributed by atoms with Crippen LogP contribution in [0.3, 0.4) is 0 Å². The summed E-state index contributed by atoms with van der Waals surface area (Å²) < 4.78 is 13.4. The van der Waals surface area contributed by atoms with Gasteiger partial charge in [-0.15, -0.1) is 11.3 Å². The Hall–Kier alpha value is -1.93. The topological polar surface area (TPSA) is 48.7 Å². The van der Waals surface area contributed by atoms with Crippen molar-refractivity contribution in [3.8, 4) is 6.07 Å². The minimum atomic E-state index is -0.525. The van der Waals surface area contributed by atoms with Crippen LogP contribution in [0.5, 0.6) is 0 Å². The monoisotopic (exact) mass is 261 g/mol. The van der Waals surface area contributed by atoms with Gasteiger partial charge in [0.15, 0.2) is 5.13 Å². The van der Waals surface area contributed by atoms with Gasteiger partial charge in [0.1, 0.15) is 11.9 Å². The number of nitriles is 1. The standard InChI is InChI=1S/C13H12FN3S/c1-8(2)12-7-18-13(17-12)16-10-4-3-9(6-15)11(14)5-10/h3-5,7-8H,1-2H3,(H,16,17). The van der Waals surface area contributed by atoms with Crippen LogP contribution in [0.25, 0.3) is 0 Å². The van der Waals surface area contributed by atoms with Gasteiger partial charge in [0.2, 0.25) is 0 Å². The predicted molar refractivity (Wildman–Crippen MR) is 70.6 cm³/mol. The first-order chi connectivity index (χ1) is 8.60. The molecular weight excluding hydrogens is 249 g/mol. The van der Waals surface area contributed by atoms with Crippen LogP contribution >= 0.6 is 11.3 Å². The molecule has 0 spiro atoms. The van der Waals surface area contributed by atoms with E-state index in [4.69, 9.17) is 5.26 Å². The van der Waals surface area contributed by atoms with Crippen LogP contribution < -0.4 is 5.32 Å². The molecule has 0 saturated heterocycles. The maximum absolute atomic E-state index is 13.4. The summed E-state index contributed by atoms with van der Waals surface area (Å²) >= 11 is 1.48. The molecule has 0 fully saturated rings. The first kappa shape index (κ1) is 12.5. The van der Waals surface area contributed by atoms with Gasteiger partial charge in [0, 0.05) is 11.1 Å². The van der Waals surface area contributed by atoms with Crippen molar-refractivity contribution < 1.29 is 4.39 Å². The van der Waals surface area contributed by atoms with Crippen LogP contribution in [0, 0.1) is 17.1 Å². The molecule has 0 radical (unpaired) electrons. The Morgan fingerprint density at radius 1 is 1.44 bits per heavy atom. The Kier molecular flexibility index (Phi) is 3.58. The van der Waals surface area contributed by atoms with Crippen molar-refractivity contribution in [2.45, 2.75) is 19.8 Å². The van der Waals surface area contributed by atoms with Gasteiger partial charge >= 0.3 is 0 Å². The first-order valence-electron chi connectivity index (χ1n) is 5.52. The van der Waals surface area contributed by atoms with Crippen LogP contribution in [-0.4, -0.2) is 4.98 Å². The van der Waals surface area contributed by atoms with E-state index in [0.717, 1.165) is 10.8 Å². The number of halogens is 1. The fourth-order valence-electron chi connectivity index (χ4n) is 1.42. The van der Waals surface area contributed by atoms with Gasteiger partial charge in [-0.2, -0.15) is 5.26 Å². The number of hydrogen-bond acceptors (Lipinski definition) is 4. The Labute approximate surface area is 109 Å². The largest absolute Gasteiger partial charge is 0.331 e. The molecule has 0 saturated carbocycles. The van der Waals surface area contributed by atoms with E-state index in [-0.39, 0.29) is 5.56 Å². The molecule has 92 valence electrons. The zero-order chi connectivity index (χ0) is 13.1. The summed E-state index contributed by atoms with van der Waals surface area (Å²) in [5.74, 6) is -0.155. The van der Waals surface area contributed by atoms with Gasteiger partial charge in [0.05, 0.1) is 11.3 Å². The molecule has 0 aliphatic carbocycles. The summed E-state index contributed by atoms with van der Waals surface area (Å²) in [6.45, 7) is 4.14. The molecule has 0 unspecified atom stereocenters. The summed E-state index contributed by atoms with van der Waals surface area (Å²) in [5.41, 5.74) is 1.65. The fourth-order valence-corrected chi connectivity index (χ4v) is 2.31. The quantitative estimate of drug-likeness (QED) is 0.907. The number of nitrogens with one attached hydrogen (secondary N) is 1. The molecular formula is C13H12FN3S. The number of benzene rings is 1. The van der Waals surface area contributed by atoms with Crippen LogP contribution in [-0.2, 0) is 0 Å². The molecule has 2 rings (SSSR count). The van der Waals surface area contributed by atoms with Crippen LogP contribution in [0.15, 0.2) is 23.6 Å². The summed E-state index contributed by atoms with van der Waals surface area (Å²) in [6, 6.07) is 6.21. The average molecular weight is 261 g/mol. The maximum atomic E-state index is 13.4. The van der Waals surface area contributed by atoms with E-state index in [0.29, 0.717) is 11.6 Å². The minimum Gasteiger partial charge on any atom is -0.331 e. The second kappa shape index (κ2) is 5.15. The van der Waals surface area contributed by atoms with E-state index in [1.165, 1.54) is 23.5 Å². The lowest BCUT2D eigenvalue weighted by atomic mass is 10.2. The van der Waals surface area contributed by atoms with Gasteiger partial charge in [-0.25, -0.2) is 9.37 Å². The molecule has 18 heavy (non-hydrogen) atoms. The number of aromatic nitrogens is 1. The highest BCUT2D eigenvalue weighted by Gasteiger charge is 2.07. The van der Waals surface area contributed by atoms with Crippen LogP contribution in [0.1, 0.15) is 31.0 Å². The Morgan fingerprint density at radius 3 is 2.78 bits per heavy atom. The number of rotatable bonds is 3. The lowest BCUT2D eigenvalue weighted by Crippen LogP contribution is -1.93. The zero-order valence-electron chi connectivity index (χ0n) is 10.1. The third-order valence-electron chi connectivity index (χ3n) is 2.45. The average Bonchev–Trinajstić information content (AvgIpc) is 2.78. The van der Waals surface area contributed by atoms with Crippen molar-refractivity contribution in [2.75, 3.05) is 5.32 Å². The lowest BCUT2D eigenvalue weighted by molar-refractivity contribution is 0.624. The summed E-state index contributed by atoms with van der Waals surface area (Å²) in [7, 11) is 0. The summed E-state index contributed by atoms with van der Waals surface area (Å²) in [4.78, 5) is 4.40. The highest BCUT2D eigenvalue weighted by molar-refractivity contribution is 7.13. The van der Waals surface area contributed by atoms with Gasteiger partial charge in [-0.1, -0.05) is 13.8 Å². The second-order valence-electron chi connectivity index (χ2n) is 4.16.